The molecule has 0 saturated carbocycles. The van der Waals surface area contributed by atoms with E-state index in [0.717, 1.165) is 18.3 Å². The van der Waals surface area contributed by atoms with Crippen LogP contribution >= 0.6 is 0 Å². The maximum atomic E-state index is 14.6. The van der Waals surface area contributed by atoms with Crippen LogP contribution in [-0.4, -0.2) is 59.3 Å². The lowest BCUT2D eigenvalue weighted by Crippen LogP contribution is -2.49. The molecule has 3 rings (SSSR count). The molecule has 206 valence electrons. The number of carbonyl (C=O) groups is 2. The summed E-state index contributed by atoms with van der Waals surface area (Å²) in [5, 5.41) is 4.34. The Morgan fingerprint density at radius 1 is 1.26 bits per heavy atom. The van der Waals surface area contributed by atoms with Gasteiger partial charge in [-0.15, -0.1) is 0 Å². The molecule has 2 aromatic rings. The summed E-state index contributed by atoms with van der Waals surface area (Å²) in [6.07, 6.45) is -7.86. The Morgan fingerprint density at radius 3 is 2.55 bits per heavy atom. The van der Waals surface area contributed by atoms with Crippen LogP contribution in [-0.2, 0) is 25.1 Å². The third kappa shape index (κ3) is 6.93. The number of aryl methyl sites for hydroxylation is 1. The zero-order chi connectivity index (χ0) is 28.1. The van der Waals surface area contributed by atoms with E-state index in [1.807, 2.05) is 0 Å². The van der Waals surface area contributed by atoms with Crippen molar-refractivity contribution in [3.63, 3.8) is 0 Å². The molecule has 1 aromatic carbocycles. The van der Waals surface area contributed by atoms with Gasteiger partial charge in [0.2, 0.25) is 5.96 Å². The number of nitrogens with two attached hydrogens (primary N) is 1. The van der Waals surface area contributed by atoms with Gasteiger partial charge in [0, 0.05) is 24.0 Å². The van der Waals surface area contributed by atoms with Gasteiger partial charge < -0.3 is 21.1 Å². The van der Waals surface area contributed by atoms with Gasteiger partial charge in [-0.05, 0) is 6.92 Å². The summed E-state index contributed by atoms with van der Waals surface area (Å²) in [6, 6.07) is 6.61. The van der Waals surface area contributed by atoms with E-state index in [1.165, 1.54) is 25.1 Å². The van der Waals surface area contributed by atoms with Crippen molar-refractivity contribution in [3.8, 4) is 0 Å². The predicted octanol–water partition coefficient (Wildman–Crippen LogP) is 0.694. The van der Waals surface area contributed by atoms with Crippen LogP contribution in [0.5, 0.6) is 0 Å². The second-order valence-corrected chi connectivity index (χ2v) is 7.92. The number of aromatic nitrogens is 2. The number of rotatable bonds is 9. The first-order valence-electron chi connectivity index (χ1n) is 10.8. The molecule has 1 aromatic heterocycles. The third-order valence-electron chi connectivity index (χ3n) is 5.06. The second-order valence-electron chi connectivity index (χ2n) is 7.92. The number of guanidine groups is 1. The Balaban J connectivity index is 1.87. The molecule has 0 bridgehead atoms. The maximum Gasteiger partial charge on any atom is 0.491 e. The molecule has 1 aliphatic rings. The van der Waals surface area contributed by atoms with Crippen LogP contribution in [0.15, 0.2) is 46.3 Å². The number of ether oxygens (including phenoxy) is 1. The number of amides is 1. The Hall–Kier alpha value is -4.28. The van der Waals surface area contributed by atoms with Gasteiger partial charge in [0.1, 0.15) is 6.10 Å². The Kier molecular flexibility index (Phi) is 8.49. The number of halogens is 5. The summed E-state index contributed by atoms with van der Waals surface area (Å²) < 4.78 is 72.6. The number of alkyl halides is 5. The molecule has 12 nitrogen and oxygen atoms in total. The second kappa shape index (κ2) is 11.4. The molecule has 1 amide bonds. The summed E-state index contributed by atoms with van der Waals surface area (Å²) >= 11 is 0. The minimum absolute atomic E-state index is 0.0238. The van der Waals surface area contributed by atoms with Gasteiger partial charge in [-0.1, -0.05) is 30.3 Å². The van der Waals surface area contributed by atoms with E-state index in [1.54, 1.807) is 0 Å². The molecule has 5 N–H and O–H groups in total. The number of nitrogens with zero attached hydrogens (tertiary/aromatic N) is 3. The van der Waals surface area contributed by atoms with Crippen molar-refractivity contribution in [2.45, 2.75) is 31.4 Å². The van der Waals surface area contributed by atoms with Gasteiger partial charge >= 0.3 is 12.1 Å². The maximum absolute atomic E-state index is 14.6. The SMILES string of the molecule is Cc1cnc(NCC(F)(F)c2ccccc2)c(=O)n1C(OC(=O)C(F)(F)F)C(=O)NCC1CN=C(N)NO1. The molecule has 0 spiro atoms. The van der Waals surface area contributed by atoms with E-state index in [4.69, 9.17) is 10.6 Å². The number of benzene rings is 1. The van der Waals surface area contributed by atoms with Gasteiger partial charge in [-0.25, -0.2) is 20.3 Å². The highest BCUT2D eigenvalue weighted by atomic mass is 19.4. The molecule has 0 aliphatic carbocycles. The average molecular weight is 547 g/mol. The highest BCUT2D eigenvalue weighted by Gasteiger charge is 2.44. The minimum atomic E-state index is -5.51. The molecule has 2 atom stereocenters. The predicted molar refractivity (Wildman–Crippen MR) is 121 cm³/mol. The first-order valence-corrected chi connectivity index (χ1v) is 10.8. The molecule has 17 heteroatoms. The number of hydrogen-bond acceptors (Lipinski definition) is 10. The fraction of sp³-hybridized carbons (Fsp3) is 0.381. The van der Waals surface area contributed by atoms with Crippen LogP contribution in [0.3, 0.4) is 0 Å². The van der Waals surface area contributed by atoms with Crippen LogP contribution in [0.2, 0.25) is 0 Å². The summed E-state index contributed by atoms with van der Waals surface area (Å²) in [5.41, 5.74) is 5.73. The van der Waals surface area contributed by atoms with E-state index in [2.05, 4.69) is 30.8 Å². The zero-order valence-electron chi connectivity index (χ0n) is 19.6. The van der Waals surface area contributed by atoms with Crippen molar-refractivity contribution in [1.29, 1.82) is 0 Å². The lowest BCUT2D eigenvalue weighted by molar-refractivity contribution is -0.209. The molecule has 0 fully saturated rings. The van der Waals surface area contributed by atoms with Crippen molar-refractivity contribution in [3.05, 3.63) is 58.1 Å². The number of anilines is 1. The van der Waals surface area contributed by atoms with E-state index < -0.39 is 54.2 Å². The average Bonchev–Trinajstić information content (AvgIpc) is 2.87. The van der Waals surface area contributed by atoms with E-state index in [-0.39, 0.29) is 30.3 Å². The van der Waals surface area contributed by atoms with E-state index in [9.17, 15) is 36.3 Å². The lowest BCUT2D eigenvalue weighted by atomic mass is 10.1. The quantitative estimate of drug-likeness (QED) is 0.262. The largest absolute Gasteiger partial charge is 0.491 e. The highest BCUT2D eigenvalue weighted by molar-refractivity contribution is 5.84. The lowest BCUT2D eigenvalue weighted by Gasteiger charge is -2.25. The van der Waals surface area contributed by atoms with Crippen LogP contribution in [0, 0.1) is 6.92 Å². The first kappa shape index (κ1) is 28.3. The highest BCUT2D eigenvalue weighted by Crippen LogP contribution is 2.27. The van der Waals surface area contributed by atoms with E-state index >= 15 is 0 Å². The topological polar surface area (TPSA) is 162 Å². The zero-order valence-corrected chi connectivity index (χ0v) is 19.6. The fourth-order valence-electron chi connectivity index (χ4n) is 3.15. The Bertz CT molecular complexity index is 1250. The Labute approximate surface area is 211 Å². The van der Waals surface area contributed by atoms with Crippen molar-refractivity contribution < 1.29 is 41.1 Å². The molecule has 0 saturated heterocycles. The fourth-order valence-corrected chi connectivity index (χ4v) is 3.15. The molecule has 38 heavy (non-hydrogen) atoms. The number of hydroxylamine groups is 1. The monoisotopic (exact) mass is 547 g/mol. The number of aliphatic imine (C=N–C) groups is 1. The van der Waals surface area contributed by atoms with Crippen molar-refractivity contribution in [2.24, 2.45) is 10.7 Å². The van der Waals surface area contributed by atoms with Gasteiger partial charge in [-0.3, -0.25) is 19.0 Å². The van der Waals surface area contributed by atoms with Crippen LogP contribution in [0.25, 0.3) is 0 Å². The summed E-state index contributed by atoms with van der Waals surface area (Å²) in [5.74, 6) is -8.34. The van der Waals surface area contributed by atoms with Gasteiger partial charge in [-0.2, -0.15) is 22.0 Å². The minimum Gasteiger partial charge on any atom is -0.425 e. The Morgan fingerprint density at radius 2 is 1.95 bits per heavy atom. The van der Waals surface area contributed by atoms with Gasteiger partial charge in [0.15, 0.2) is 5.82 Å². The number of nitrogens with one attached hydrogen (secondary N) is 3. The summed E-state index contributed by atoms with van der Waals surface area (Å²) in [6.45, 7) is -0.290. The molecular formula is C21H22F5N7O5. The van der Waals surface area contributed by atoms with Crippen LogP contribution in [0.1, 0.15) is 17.5 Å². The molecule has 1 aliphatic heterocycles. The van der Waals surface area contributed by atoms with Gasteiger partial charge in [0.25, 0.3) is 23.6 Å². The number of hydrogen-bond donors (Lipinski definition) is 4. The van der Waals surface area contributed by atoms with Crippen LogP contribution < -0.4 is 27.4 Å². The van der Waals surface area contributed by atoms with E-state index in [0.29, 0.717) is 4.57 Å². The standard InChI is InChI=1S/C21H22F5N7O5/c1-11-7-28-14(31-10-20(22,23)12-5-3-2-4-6-12)16(35)33(11)17(37-18(36)21(24,25)26)15(34)29-8-13-9-30-19(27)32-38-13/h2-7,13,17H,8-10H2,1H3,(H,28,31)(H,29,34)(H3,27,30,32). The summed E-state index contributed by atoms with van der Waals surface area (Å²) in [4.78, 5) is 50.0. The molecular weight excluding hydrogens is 525 g/mol. The van der Waals surface area contributed by atoms with Crippen LogP contribution in [0.4, 0.5) is 27.8 Å². The van der Waals surface area contributed by atoms with Crippen molar-refractivity contribution in [2.75, 3.05) is 25.0 Å². The molecule has 2 heterocycles. The molecule has 0 radical (unpaired) electrons. The number of carbonyl (C=O) groups excluding carboxylic acids is 2. The number of esters is 1. The van der Waals surface area contributed by atoms with Crippen molar-refractivity contribution >= 4 is 23.7 Å². The summed E-state index contributed by atoms with van der Waals surface area (Å²) in [7, 11) is 0. The van der Waals surface area contributed by atoms with Crippen molar-refractivity contribution in [1.82, 2.24) is 20.3 Å². The first-order chi connectivity index (χ1) is 17.8. The normalized spacial score (nSPS) is 16.6. The van der Waals surface area contributed by atoms with Gasteiger partial charge in [0.05, 0.1) is 13.1 Å². The smallest absolute Gasteiger partial charge is 0.425 e. The third-order valence-corrected chi connectivity index (χ3v) is 5.06. The molecule has 2 unspecified atom stereocenters.